The molecule has 0 aromatic heterocycles. The van der Waals surface area contributed by atoms with E-state index >= 15 is 0 Å². The minimum Gasteiger partial charge on any atom is -0.309 e. The Kier molecular flexibility index (Phi) is 7.25. The molecule has 0 aliphatic rings. The molecule has 0 heterocycles. The van der Waals surface area contributed by atoms with Crippen LogP contribution in [0.25, 0.3) is 0 Å². The monoisotopic (exact) mass is 276 g/mol. The summed E-state index contributed by atoms with van der Waals surface area (Å²) in [5.41, 5.74) is 4.19. The van der Waals surface area contributed by atoms with Crippen molar-refractivity contribution in [3.63, 3.8) is 0 Å². The number of hydrogen-bond acceptors (Lipinski definition) is 2. The molecule has 0 aliphatic carbocycles. The van der Waals surface area contributed by atoms with E-state index in [1.54, 1.807) is 0 Å². The van der Waals surface area contributed by atoms with Crippen molar-refractivity contribution in [3.05, 3.63) is 34.9 Å². The molecule has 0 saturated carbocycles. The normalized spacial score (nSPS) is 13.2. The van der Waals surface area contributed by atoms with Crippen molar-refractivity contribution >= 4 is 0 Å². The standard InChI is InChI=1S/C18H32N2/c1-7-10-19-18(13-20(6)12-14(2)3)17-9-8-15(4)11-16(17)5/h8-9,11,14,18-19H,7,10,12-13H2,1-6H3. The van der Waals surface area contributed by atoms with E-state index in [4.69, 9.17) is 0 Å². The summed E-state index contributed by atoms with van der Waals surface area (Å²) in [4.78, 5) is 2.44. The molecule has 0 saturated heterocycles. The third-order valence-electron chi connectivity index (χ3n) is 3.61. The average Bonchev–Trinajstić information content (AvgIpc) is 2.34. The van der Waals surface area contributed by atoms with E-state index in [1.165, 1.54) is 23.1 Å². The van der Waals surface area contributed by atoms with Crippen molar-refractivity contribution in [3.8, 4) is 0 Å². The average molecular weight is 276 g/mol. The van der Waals surface area contributed by atoms with Crippen molar-refractivity contribution in [2.45, 2.75) is 47.1 Å². The van der Waals surface area contributed by atoms with Crippen LogP contribution in [0.4, 0.5) is 0 Å². The van der Waals surface area contributed by atoms with Crippen LogP contribution in [-0.4, -0.2) is 31.6 Å². The summed E-state index contributed by atoms with van der Waals surface area (Å²) >= 11 is 0. The zero-order chi connectivity index (χ0) is 15.1. The van der Waals surface area contributed by atoms with Gasteiger partial charge in [-0.3, -0.25) is 0 Å². The molecule has 1 rings (SSSR count). The van der Waals surface area contributed by atoms with E-state index in [2.05, 4.69) is 70.1 Å². The highest BCUT2D eigenvalue weighted by atomic mass is 15.1. The lowest BCUT2D eigenvalue weighted by atomic mass is 9.98. The topological polar surface area (TPSA) is 15.3 Å². The molecule has 1 atom stereocenters. The molecule has 114 valence electrons. The van der Waals surface area contributed by atoms with E-state index < -0.39 is 0 Å². The number of benzene rings is 1. The fourth-order valence-electron chi connectivity index (χ4n) is 2.82. The van der Waals surface area contributed by atoms with Crippen molar-refractivity contribution in [2.24, 2.45) is 5.92 Å². The predicted octanol–water partition coefficient (Wildman–Crippen LogP) is 3.93. The highest BCUT2D eigenvalue weighted by Gasteiger charge is 2.15. The number of likely N-dealkylation sites (N-methyl/N-ethyl adjacent to an activating group) is 1. The molecule has 0 bridgehead atoms. The van der Waals surface area contributed by atoms with Crippen molar-refractivity contribution in [2.75, 3.05) is 26.7 Å². The lowest BCUT2D eigenvalue weighted by Crippen LogP contribution is -2.35. The number of aryl methyl sites for hydroxylation is 2. The second-order valence-electron chi connectivity index (χ2n) is 6.48. The summed E-state index contributed by atoms with van der Waals surface area (Å²) in [5.74, 6) is 0.714. The molecule has 1 aromatic rings. The Morgan fingerprint density at radius 1 is 1.15 bits per heavy atom. The van der Waals surface area contributed by atoms with Gasteiger partial charge in [-0.2, -0.15) is 0 Å². The lowest BCUT2D eigenvalue weighted by molar-refractivity contribution is 0.262. The van der Waals surface area contributed by atoms with Crippen LogP contribution in [0.3, 0.4) is 0 Å². The van der Waals surface area contributed by atoms with Crippen LogP contribution in [0.5, 0.6) is 0 Å². The van der Waals surface area contributed by atoms with Gasteiger partial charge >= 0.3 is 0 Å². The van der Waals surface area contributed by atoms with E-state index in [1.807, 2.05) is 0 Å². The summed E-state index contributed by atoms with van der Waals surface area (Å²) in [7, 11) is 2.23. The van der Waals surface area contributed by atoms with Crippen LogP contribution in [0, 0.1) is 19.8 Å². The third kappa shape index (κ3) is 5.64. The fraction of sp³-hybridized carbons (Fsp3) is 0.667. The molecule has 2 heteroatoms. The molecule has 1 aromatic carbocycles. The summed E-state index contributed by atoms with van der Waals surface area (Å²) in [6.07, 6.45) is 1.18. The van der Waals surface area contributed by atoms with E-state index in [-0.39, 0.29) is 0 Å². The summed E-state index contributed by atoms with van der Waals surface area (Å²) in [5, 5.41) is 3.71. The molecule has 0 aliphatic heterocycles. The largest absolute Gasteiger partial charge is 0.309 e. The Labute approximate surface area is 125 Å². The number of nitrogens with one attached hydrogen (secondary N) is 1. The van der Waals surface area contributed by atoms with Crippen LogP contribution in [0.1, 0.15) is 49.9 Å². The first-order valence-corrected chi connectivity index (χ1v) is 7.93. The highest BCUT2D eigenvalue weighted by Crippen LogP contribution is 2.20. The van der Waals surface area contributed by atoms with Gasteiger partial charge in [-0.1, -0.05) is 44.5 Å². The minimum absolute atomic E-state index is 0.430. The molecular weight excluding hydrogens is 244 g/mol. The summed E-state index contributed by atoms with van der Waals surface area (Å²) in [6.45, 7) is 14.5. The SMILES string of the molecule is CCCNC(CN(C)CC(C)C)c1ccc(C)cc1C. The van der Waals surface area contributed by atoms with E-state index in [9.17, 15) is 0 Å². The van der Waals surface area contributed by atoms with Gasteiger partial charge in [-0.15, -0.1) is 0 Å². The van der Waals surface area contributed by atoms with Crippen molar-refractivity contribution in [1.82, 2.24) is 10.2 Å². The smallest absolute Gasteiger partial charge is 0.0451 e. The van der Waals surface area contributed by atoms with Crippen LogP contribution in [0.2, 0.25) is 0 Å². The van der Waals surface area contributed by atoms with E-state index in [0.29, 0.717) is 12.0 Å². The van der Waals surface area contributed by atoms with Gasteiger partial charge in [-0.25, -0.2) is 0 Å². The molecule has 0 spiro atoms. The van der Waals surface area contributed by atoms with Gasteiger partial charge in [0, 0.05) is 19.1 Å². The summed E-state index contributed by atoms with van der Waals surface area (Å²) in [6, 6.07) is 7.24. The molecular formula is C18H32N2. The van der Waals surface area contributed by atoms with Gasteiger partial charge in [0.1, 0.15) is 0 Å². The van der Waals surface area contributed by atoms with Crippen LogP contribution < -0.4 is 5.32 Å². The lowest BCUT2D eigenvalue weighted by Gasteiger charge is -2.27. The number of hydrogen-bond donors (Lipinski definition) is 1. The maximum absolute atomic E-state index is 3.71. The van der Waals surface area contributed by atoms with E-state index in [0.717, 1.165) is 19.6 Å². The highest BCUT2D eigenvalue weighted by molar-refractivity contribution is 5.33. The first kappa shape index (κ1) is 17.2. The maximum atomic E-state index is 3.71. The van der Waals surface area contributed by atoms with Gasteiger partial charge in [0.2, 0.25) is 0 Å². The number of nitrogens with zero attached hydrogens (tertiary/aromatic N) is 1. The maximum Gasteiger partial charge on any atom is 0.0451 e. The molecule has 0 radical (unpaired) electrons. The zero-order valence-corrected chi connectivity index (χ0v) is 14.2. The molecule has 1 unspecified atom stereocenters. The Morgan fingerprint density at radius 2 is 1.85 bits per heavy atom. The Bertz CT molecular complexity index is 398. The van der Waals surface area contributed by atoms with Gasteiger partial charge in [0.15, 0.2) is 0 Å². The molecule has 20 heavy (non-hydrogen) atoms. The second-order valence-corrected chi connectivity index (χ2v) is 6.48. The Morgan fingerprint density at radius 3 is 2.40 bits per heavy atom. The first-order valence-electron chi connectivity index (χ1n) is 7.93. The van der Waals surface area contributed by atoms with Gasteiger partial charge < -0.3 is 10.2 Å². The predicted molar refractivity (Wildman–Crippen MR) is 89.3 cm³/mol. The van der Waals surface area contributed by atoms with Gasteiger partial charge in [-0.05, 0) is 50.9 Å². The quantitative estimate of drug-likeness (QED) is 0.774. The second kappa shape index (κ2) is 8.43. The first-order chi connectivity index (χ1) is 9.43. The molecule has 1 N–H and O–H groups in total. The fourth-order valence-corrected chi connectivity index (χ4v) is 2.82. The third-order valence-corrected chi connectivity index (χ3v) is 3.61. The molecule has 0 fully saturated rings. The minimum atomic E-state index is 0.430. The Balaban J connectivity index is 2.82. The van der Waals surface area contributed by atoms with Crippen molar-refractivity contribution < 1.29 is 0 Å². The Hall–Kier alpha value is -0.860. The summed E-state index contributed by atoms with van der Waals surface area (Å²) < 4.78 is 0. The van der Waals surface area contributed by atoms with Crippen molar-refractivity contribution in [1.29, 1.82) is 0 Å². The zero-order valence-electron chi connectivity index (χ0n) is 14.2. The number of rotatable bonds is 8. The van der Waals surface area contributed by atoms with Gasteiger partial charge in [0.25, 0.3) is 0 Å². The molecule has 2 nitrogen and oxygen atoms in total. The van der Waals surface area contributed by atoms with Crippen LogP contribution in [-0.2, 0) is 0 Å². The van der Waals surface area contributed by atoms with Crippen LogP contribution in [0.15, 0.2) is 18.2 Å². The molecule has 0 amide bonds. The van der Waals surface area contributed by atoms with Gasteiger partial charge in [0.05, 0.1) is 0 Å². The van der Waals surface area contributed by atoms with Crippen LogP contribution >= 0.6 is 0 Å².